The summed E-state index contributed by atoms with van der Waals surface area (Å²) in [6.07, 6.45) is 0. The summed E-state index contributed by atoms with van der Waals surface area (Å²) in [6.45, 7) is 2.62. The van der Waals surface area contributed by atoms with Crippen LogP contribution in [0.3, 0.4) is 0 Å². The minimum atomic E-state index is 0.0542. The van der Waals surface area contributed by atoms with Crippen molar-refractivity contribution >= 4 is 11.5 Å². The maximum absolute atomic E-state index is 9.08. The molecule has 0 spiro atoms. The maximum atomic E-state index is 9.08. The second-order valence-corrected chi connectivity index (χ2v) is 4.22. The molecule has 0 atom stereocenters. The number of benzene rings is 1. The second kappa shape index (κ2) is 5.51. The quantitative estimate of drug-likeness (QED) is 0.768. The Balaban J connectivity index is 2.08. The Morgan fingerprint density at radius 1 is 1.22 bits per heavy atom. The SMILES string of the molecule is Cc1ccc(N)c(NCc2cccc(CO)c2)n1. The average Bonchev–Trinajstić information content (AvgIpc) is 2.40. The summed E-state index contributed by atoms with van der Waals surface area (Å²) >= 11 is 0. The zero-order valence-corrected chi connectivity index (χ0v) is 10.4. The van der Waals surface area contributed by atoms with Crippen LogP contribution in [0.1, 0.15) is 16.8 Å². The molecule has 1 aromatic heterocycles. The zero-order valence-electron chi connectivity index (χ0n) is 10.4. The lowest BCUT2D eigenvalue weighted by atomic mass is 10.1. The summed E-state index contributed by atoms with van der Waals surface area (Å²) in [6, 6.07) is 11.5. The van der Waals surface area contributed by atoms with Crippen LogP contribution in [0.5, 0.6) is 0 Å². The second-order valence-electron chi connectivity index (χ2n) is 4.22. The van der Waals surface area contributed by atoms with Crippen molar-refractivity contribution in [1.29, 1.82) is 0 Å². The van der Waals surface area contributed by atoms with Gasteiger partial charge in [0.15, 0.2) is 0 Å². The highest BCUT2D eigenvalue weighted by molar-refractivity contribution is 5.61. The van der Waals surface area contributed by atoms with E-state index in [1.54, 1.807) is 0 Å². The van der Waals surface area contributed by atoms with Gasteiger partial charge in [0.1, 0.15) is 5.82 Å². The first kappa shape index (κ1) is 12.4. The van der Waals surface area contributed by atoms with Gasteiger partial charge in [0.05, 0.1) is 12.3 Å². The molecule has 1 heterocycles. The molecule has 94 valence electrons. The number of aliphatic hydroxyl groups is 1. The average molecular weight is 243 g/mol. The number of pyridine rings is 1. The molecule has 0 radical (unpaired) electrons. The number of nitrogens with zero attached hydrogens (tertiary/aromatic N) is 1. The first-order chi connectivity index (χ1) is 8.69. The number of hydrogen-bond acceptors (Lipinski definition) is 4. The molecule has 4 heteroatoms. The van der Waals surface area contributed by atoms with Gasteiger partial charge in [0.2, 0.25) is 0 Å². The highest BCUT2D eigenvalue weighted by Gasteiger charge is 2.01. The van der Waals surface area contributed by atoms with Crippen LogP contribution in [-0.2, 0) is 13.2 Å². The van der Waals surface area contributed by atoms with E-state index in [4.69, 9.17) is 10.8 Å². The predicted octanol–water partition coefficient (Wildman–Crippen LogP) is 2.08. The lowest BCUT2D eigenvalue weighted by Gasteiger charge is -2.09. The van der Waals surface area contributed by atoms with Gasteiger partial charge in [-0.1, -0.05) is 24.3 Å². The highest BCUT2D eigenvalue weighted by atomic mass is 16.3. The molecular formula is C14H17N3O. The Kier molecular flexibility index (Phi) is 3.79. The largest absolute Gasteiger partial charge is 0.396 e. The van der Waals surface area contributed by atoms with Crippen molar-refractivity contribution in [2.75, 3.05) is 11.1 Å². The van der Waals surface area contributed by atoms with Gasteiger partial charge in [0, 0.05) is 12.2 Å². The molecular weight excluding hydrogens is 226 g/mol. The number of nitrogens with two attached hydrogens (primary N) is 1. The molecule has 2 rings (SSSR count). The third kappa shape index (κ3) is 2.99. The number of rotatable bonds is 4. The summed E-state index contributed by atoms with van der Waals surface area (Å²) in [4.78, 5) is 4.34. The number of aryl methyl sites for hydroxylation is 1. The van der Waals surface area contributed by atoms with Gasteiger partial charge < -0.3 is 16.2 Å². The molecule has 0 aliphatic rings. The number of aliphatic hydroxyl groups excluding tert-OH is 1. The van der Waals surface area contributed by atoms with E-state index < -0.39 is 0 Å². The Hall–Kier alpha value is -2.07. The lowest BCUT2D eigenvalue weighted by Crippen LogP contribution is -2.05. The van der Waals surface area contributed by atoms with Crippen molar-refractivity contribution in [1.82, 2.24) is 4.98 Å². The number of hydrogen-bond donors (Lipinski definition) is 3. The first-order valence-electron chi connectivity index (χ1n) is 5.84. The van der Waals surface area contributed by atoms with E-state index in [0.717, 1.165) is 16.8 Å². The van der Waals surface area contributed by atoms with E-state index in [0.29, 0.717) is 18.1 Å². The van der Waals surface area contributed by atoms with Crippen LogP contribution in [0.25, 0.3) is 0 Å². The molecule has 18 heavy (non-hydrogen) atoms. The molecule has 0 saturated carbocycles. The van der Waals surface area contributed by atoms with Crippen molar-refractivity contribution in [2.24, 2.45) is 0 Å². The van der Waals surface area contributed by atoms with E-state index in [9.17, 15) is 0 Å². The Morgan fingerprint density at radius 2 is 2.00 bits per heavy atom. The third-order valence-corrected chi connectivity index (χ3v) is 2.70. The standard InChI is InChI=1S/C14H17N3O/c1-10-5-6-13(15)14(17-10)16-8-11-3-2-4-12(7-11)9-18/h2-7,18H,8-9,15H2,1H3,(H,16,17). The van der Waals surface area contributed by atoms with E-state index in [1.165, 1.54) is 0 Å². The molecule has 0 aliphatic carbocycles. The molecule has 4 nitrogen and oxygen atoms in total. The topological polar surface area (TPSA) is 71.2 Å². The van der Waals surface area contributed by atoms with Gasteiger partial charge >= 0.3 is 0 Å². The van der Waals surface area contributed by atoms with Crippen LogP contribution in [-0.4, -0.2) is 10.1 Å². The van der Waals surface area contributed by atoms with Crippen LogP contribution in [0.2, 0.25) is 0 Å². The summed E-state index contributed by atoms with van der Waals surface area (Å²) in [5, 5.41) is 12.3. The maximum Gasteiger partial charge on any atom is 0.149 e. The number of aromatic nitrogens is 1. The Labute approximate surface area is 106 Å². The minimum absolute atomic E-state index is 0.0542. The van der Waals surface area contributed by atoms with Gasteiger partial charge in [-0.25, -0.2) is 4.98 Å². The van der Waals surface area contributed by atoms with Crippen molar-refractivity contribution in [3.63, 3.8) is 0 Å². The number of nitrogens with one attached hydrogen (secondary N) is 1. The number of nitrogen functional groups attached to an aromatic ring is 1. The van der Waals surface area contributed by atoms with Gasteiger partial charge in [-0.2, -0.15) is 0 Å². The van der Waals surface area contributed by atoms with E-state index in [1.807, 2.05) is 43.3 Å². The van der Waals surface area contributed by atoms with Crippen LogP contribution >= 0.6 is 0 Å². The monoisotopic (exact) mass is 243 g/mol. The predicted molar refractivity (Wildman–Crippen MR) is 73.1 cm³/mol. The highest BCUT2D eigenvalue weighted by Crippen LogP contribution is 2.16. The molecule has 4 N–H and O–H groups in total. The summed E-state index contributed by atoms with van der Waals surface area (Å²) < 4.78 is 0. The van der Waals surface area contributed by atoms with Crippen molar-refractivity contribution in [2.45, 2.75) is 20.1 Å². The van der Waals surface area contributed by atoms with Gasteiger partial charge in [-0.3, -0.25) is 0 Å². The minimum Gasteiger partial charge on any atom is -0.396 e. The molecule has 0 aliphatic heterocycles. The Bertz CT molecular complexity index is 540. The fourth-order valence-electron chi connectivity index (χ4n) is 1.73. The molecule has 0 unspecified atom stereocenters. The van der Waals surface area contributed by atoms with Crippen LogP contribution in [0.4, 0.5) is 11.5 Å². The van der Waals surface area contributed by atoms with Gasteiger partial charge in [0.25, 0.3) is 0 Å². The molecule has 1 aromatic carbocycles. The van der Waals surface area contributed by atoms with Crippen molar-refractivity contribution < 1.29 is 5.11 Å². The molecule has 2 aromatic rings. The summed E-state index contributed by atoms with van der Waals surface area (Å²) in [5.41, 5.74) is 9.40. The Morgan fingerprint density at radius 3 is 2.78 bits per heavy atom. The fraction of sp³-hybridized carbons (Fsp3) is 0.214. The third-order valence-electron chi connectivity index (χ3n) is 2.70. The van der Waals surface area contributed by atoms with E-state index in [2.05, 4.69) is 10.3 Å². The van der Waals surface area contributed by atoms with Crippen LogP contribution < -0.4 is 11.1 Å². The first-order valence-corrected chi connectivity index (χ1v) is 5.84. The van der Waals surface area contributed by atoms with E-state index in [-0.39, 0.29) is 6.61 Å². The summed E-state index contributed by atoms with van der Waals surface area (Å²) in [5.74, 6) is 0.699. The molecule has 0 fully saturated rings. The van der Waals surface area contributed by atoms with Crippen molar-refractivity contribution in [3.8, 4) is 0 Å². The number of anilines is 2. The van der Waals surface area contributed by atoms with Crippen LogP contribution in [0, 0.1) is 6.92 Å². The van der Waals surface area contributed by atoms with Gasteiger partial charge in [-0.15, -0.1) is 0 Å². The normalized spacial score (nSPS) is 10.3. The van der Waals surface area contributed by atoms with Gasteiger partial charge in [-0.05, 0) is 30.2 Å². The fourth-order valence-corrected chi connectivity index (χ4v) is 1.73. The van der Waals surface area contributed by atoms with E-state index >= 15 is 0 Å². The van der Waals surface area contributed by atoms with Crippen molar-refractivity contribution in [3.05, 3.63) is 53.2 Å². The summed E-state index contributed by atoms with van der Waals surface area (Å²) in [7, 11) is 0. The smallest absolute Gasteiger partial charge is 0.149 e. The zero-order chi connectivity index (χ0) is 13.0. The van der Waals surface area contributed by atoms with Crippen LogP contribution in [0.15, 0.2) is 36.4 Å². The molecule has 0 amide bonds. The lowest BCUT2D eigenvalue weighted by molar-refractivity contribution is 0.281. The molecule has 0 saturated heterocycles. The molecule has 0 bridgehead atoms.